The molecular weight excluding hydrogens is 280 g/mol. The molecular formula is C12H20N4O3S. The van der Waals surface area contributed by atoms with Gasteiger partial charge in [0.2, 0.25) is 0 Å². The van der Waals surface area contributed by atoms with Crippen LogP contribution in [0.4, 0.5) is 4.79 Å². The predicted octanol–water partition coefficient (Wildman–Crippen LogP) is 0.777. The molecule has 1 aromatic rings. The van der Waals surface area contributed by atoms with Gasteiger partial charge in [0, 0.05) is 25.0 Å². The maximum absolute atomic E-state index is 11.7. The summed E-state index contributed by atoms with van der Waals surface area (Å²) in [6.45, 7) is 2.42. The summed E-state index contributed by atoms with van der Waals surface area (Å²) in [6.07, 6.45) is 7.42. The van der Waals surface area contributed by atoms with Crippen LogP contribution in [0.3, 0.4) is 0 Å². The Morgan fingerprint density at radius 1 is 1.45 bits per heavy atom. The van der Waals surface area contributed by atoms with Gasteiger partial charge in [0.15, 0.2) is 0 Å². The van der Waals surface area contributed by atoms with Crippen molar-refractivity contribution in [1.82, 2.24) is 20.2 Å². The number of aromatic nitrogens is 2. The molecule has 0 spiro atoms. The van der Waals surface area contributed by atoms with Crippen molar-refractivity contribution in [1.29, 1.82) is 0 Å². The van der Waals surface area contributed by atoms with Crippen LogP contribution in [0, 0.1) is 0 Å². The summed E-state index contributed by atoms with van der Waals surface area (Å²) in [7, 11) is 0. The van der Waals surface area contributed by atoms with E-state index in [-0.39, 0.29) is 6.04 Å². The quantitative estimate of drug-likeness (QED) is 0.659. The average molecular weight is 300 g/mol. The number of amides is 2. The van der Waals surface area contributed by atoms with E-state index >= 15 is 0 Å². The SMILES string of the molecule is CSCC[C@@H](NC(=O)NC(C)Cn1ccnc1)C(=O)O. The van der Waals surface area contributed by atoms with Gasteiger partial charge in [-0.2, -0.15) is 11.8 Å². The van der Waals surface area contributed by atoms with Gasteiger partial charge in [-0.15, -0.1) is 0 Å². The van der Waals surface area contributed by atoms with E-state index in [2.05, 4.69) is 15.6 Å². The van der Waals surface area contributed by atoms with Crippen LogP contribution in [-0.2, 0) is 11.3 Å². The molecule has 0 radical (unpaired) electrons. The number of thioether (sulfide) groups is 1. The highest BCUT2D eigenvalue weighted by atomic mass is 32.2. The first-order valence-electron chi connectivity index (χ1n) is 6.27. The Kier molecular flexibility index (Phi) is 6.92. The lowest BCUT2D eigenvalue weighted by Crippen LogP contribution is -2.49. The highest BCUT2D eigenvalue weighted by Gasteiger charge is 2.20. The first-order chi connectivity index (χ1) is 9.52. The third-order valence-electron chi connectivity index (χ3n) is 2.64. The van der Waals surface area contributed by atoms with Gasteiger partial charge in [0.25, 0.3) is 0 Å². The van der Waals surface area contributed by atoms with Crippen LogP contribution in [0.1, 0.15) is 13.3 Å². The smallest absolute Gasteiger partial charge is 0.326 e. The molecule has 0 saturated carbocycles. The van der Waals surface area contributed by atoms with Crippen molar-refractivity contribution in [3.63, 3.8) is 0 Å². The van der Waals surface area contributed by atoms with E-state index in [0.717, 1.165) is 0 Å². The number of carboxylic acid groups (broad SMARTS) is 1. The number of nitrogens with zero attached hydrogens (tertiary/aromatic N) is 2. The summed E-state index contributed by atoms with van der Waals surface area (Å²) >= 11 is 1.55. The molecule has 1 aromatic heterocycles. The molecule has 1 heterocycles. The molecule has 20 heavy (non-hydrogen) atoms. The van der Waals surface area contributed by atoms with E-state index in [1.54, 1.807) is 30.5 Å². The van der Waals surface area contributed by atoms with Gasteiger partial charge >= 0.3 is 12.0 Å². The molecule has 1 unspecified atom stereocenters. The Balaban J connectivity index is 2.38. The van der Waals surface area contributed by atoms with Crippen molar-refractivity contribution in [3.8, 4) is 0 Å². The maximum atomic E-state index is 11.7. The zero-order valence-corrected chi connectivity index (χ0v) is 12.4. The number of rotatable bonds is 8. The summed E-state index contributed by atoms with van der Waals surface area (Å²) < 4.78 is 1.84. The minimum Gasteiger partial charge on any atom is -0.480 e. The Bertz CT molecular complexity index is 424. The van der Waals surface area contributed by atoms with Crippen molar-refractivity contribution < 1.29 is 14.7 Å². The lowest BCUT2D eigenvalue weighted by atomic mass is 10.2. The van der Waals surface area contributed by atoms with E-state index in [0.29, 0.717) is 18.7 Å². The van der Waals surface area contributed by atoms with Gasteiger partial charge in [-0.05, 0) is 25.4 Å². The highest BCUT2D eigenvalue weighted by Crippen LogP contribution is 2.01. The lowest BCUT2D eigenvalue weighted by Gasteiger charge is -2.18. The minimum atomic E-state index is -1.02. The molecule has 0 saturated heterocycles. The van der Waals surface area contributed by atoms with Crippen LogP contribution < -0.4 is 10.6 Å². The molecule has 8 heteroatoms. The molecule has 0 fully saturated rings. The number of aliphatic carboxylic acids is 1. The van der Waals surface area contributed by atoms with Gasteiger partial charge < -0.3 is 20.3 Å². The standard InChI is InChI=1S/C12H20N4O3S/c1-9(7-16-5-4-13-8-16)14-12(19)15-10(11(17)18)3-6-20-2/h4-5,8-10H,3,6-7H2,1-2H3,(H,17,18)(H2,14,15,19)/t9?,10-/m1/s1. The Hall–Kier alpha value is -1.70. The molecule has 0 bridgehead atoms. The van der Waals surface area contributed by atoms with Gasteiger partial charge in [0.05, 0.1) is 6.33 Å². The summed E-state index contributed by atoms with van der Waals surface area (Å²) in [5.41, 5.74) is 0. The lowest BCUT2D eigenvalue weighted by molar-refractivity contribution is -0.139. The molecule has 0 aromatic carbocycles. The number of carboxylic acids is 1. The Morgan fingerprint density at radius 3 is 2.75 bits per heavy atom. The number of carbonyl (C=O) groups is 2. The predicted molar refractivity (Wildman–Crippen MR) is 77.8 cm³/mol. The molecule has 2 atom stereocenters. The normalized spacial score (nSPS) is 13.5. The Labute approximate surface area is 122 Å². The first kappa shape index (κ1) is 16.4. The fourth-order valence-electron chi connectivity index (χ4n) is 1.67. The zero-order chi connectivity index (χ0) is 15.0. The molecule has 0 aliphatic rings. The fraction of sp³-hybridized carbons (Fsp3) is 0.583. The first-order valence-corrected chi connectivity index (χ1v) is 7.66. The van der Waals surface area contributed by atoms with Crippen LogP contribution in [-0.4, -0.2) is 50.8 Å². The molecule has 2 amide bonds. The number of hydrogen-bond acceptors (Lipinski definition) is 4. The van der Waals surface area contributed by atoms with E-state index in [9.17, 15) is 9.59 Å². The third kappa shape index (κ3) is 5.96. The average Bonchev–Trinajstić information content (AvgIpc) is 2.86. The molecule has 1 rings (SSSR count). The third-order valence-corrected chi connectivity index (χ3v) is 3.28. The number of nitrogens with one attached hydrogen (secondary N) is 2. The molecule has 7 nitrogen and oxygen atoms in total. The van der Waals surface area contributed by atoms with E-state index in [1.807, 2.05) is 17.7 Å². The van der Waals surface area contributed by atoms with Crippen molar-refractivity contribution in [2.45, 2.75) is 32.0 Å². The van der Waals surface area contributed by atoms with Crippen molar-refractivity contribution in [3.05, 3.63) is 18.7 Å². The van der Waals surface area contributed by atoms with Gasteiger partial charge in [-0.3, -0.25) is 0 Å². The summed E-state index contributed by atoms with van der Waals surface area (Å²) in [5, 5.41) is 14.2. The monoisotopic (exact) mass is 300 g/mol. The Morgan fingerprint density at radius 2 is 2.20 bits per heavy atom. The molecule has 112 valence electrons. The fourth-order valence-corrected chi connectivity index (χ4v) is 2.14. The summed E-state index contributed by atoms with van der Waals surface area (Å²) in [6, 6.07) is -1.45. The van der Waals surface area contributed by atoms with Gasteiger partial charge in [-0.1, -0.05) is 0 Å². The second-order valence-corrected chi connectivity index (χ2v) is 5.44. The largest absolute Gasteiger partial charge is 0.480 e. The van der Waals surface area contributed by atoms with Crippen LogP contribution >= 0.6 is 11.8 Å². The van der Waals surface area contributed by atoms with Crippen LogP contribution in [0.2, 0.25) is 0 Å². The van der Waals surface area contributed by atoms with Crippen LogP contribution in [0.15, 0.2) is 18.7 Å². The van der Waals surface area contributed by atoms with E-state index < -0.39 is 18.0 Å². The summed E-state index contributed by atoms with van der Waals surface area (Å²) in [5.74, 6) is -0.335. The second-order valence-electron chi connectivity index (χ2n) is 4.45. The van der Waals surface area contributed by atoms with Gasteiger partial charge in [0.1, 0.15) is 6.04 Å². The summed E-state index contributed by atoms with van der Waals surface area (Å²) in [4.78, 5) is 26.7. The topological polar surface area (TPSA) is 96.3 Å². The molecule has 3 N–H and O–H groups in total. The number of carbonyl (C=O) groups excluding carboxylic acids is 1. The highest BCUT2D eigenvalue weighted by molar-refractivity contribution is 7.98. The van der Waals surface area contributed by atoms with Crippen LogP contribution in [0.5, 0.6) is 0 Å². The second kappa shape index (κ2) is 8.47. The minimum absolute atomic E-state index is 0.126. The van der Waals surface area contributed by atoms with E-state index in [4.69, 9.17) is 5.11 Å². The number of urea groups is 1. The molecule has 0 aliphatic carbocycles. The number of hydrogen-bond donors (Lipinski definition) is 3. The number of imidazole rings is 1. The van der Waals surface area contributed by atoms with Crippen molar-refractivity contribution in [2.24, 2.45) is 0 Å². The zero-order valence-electron chi connectivity index (χ0n) is 11.6. The molecule has 0 aliphatic heterocycles. The van der Waals surface area contributed by atoms with E-state index in [1.165, 1.54) is 0 Å². The van der Waals surface area contributed by atoms with Gasteiger partial charge in [-0.25, -0.2) is 14.6 Å². The maximum Gasteiger partial charge on any atom is 0.326 e. The van der Waals surface area contributed by atoms with Crippen LogP contribution in [0.25, 0.3) is 0 Å². The van der Waals surface area contributed by atoms with Crippen molar-refractivity contribution in [2.75, 3.05) is 12.0 Å². The van der Waals surface area contributed by atoms with Crippen molar-refractivity contribution >= 4 is 23.8 Å².